The predicted octanol–water partition coefficient (Wildman–Crippen LogP) is 2.83. The third-order valence-electron chi connectivity index (χ3n) is 4.62. The maximum atomic E-state index is 5.09. The number of methoxy groups -OCH3 is 1. The summed E-state index contributed by atoms with van der Waals surface area (Å²) in [7, 11) is 1.78. The molecule has 0 aromatic carbocycles. The molecule has 1 atom stereocenters. The van der Waals surface area contributed by atoms with Gasteiger partial charge in [-0.15, -0.1) is 0 Å². The van der Waals surface area contributed by atoms with Gasteiger partial charge in [0.15, 0.2) is 0 Å². The van der Waals surface area contributed by atoms with Crippen LogP contribution in [-0.2, 0) is 4.74 Å². The molecule has 2 aliphatic carbocycles. The first kappa shape index (κ1) is 12.4. The van der Waals surface area contributed by atoms with E-state index in [1.54, 1.807) is 7.11 Å². The zero-order chi connectivity index (χ0) is 11.2. The van der Waals surface area contributed by atoms with E-state index in [4.69, 9.17) is 4.74 Å². The minimum absolute atomic E-state index is 0.849. The Morgan fingerprint density at radius 2 is 1.69 bits per heavy atom. The van der Waals surface area contributed by atoms with Crippen LogP contribution in [0.15, 0.2) is 0 Å². The summed E-state index contributed by atoms with van der Waals surface area (Å²) in [6.07, 6.45) is 10.4. The van der Waals surface area contributed by atoms with Crippen molar-refractivity contribution in [1.82, 2.24) is 5.32 Å². The number of hydrogen-bond donors (Lipinski definition) is 1. The Kier molecular flexibility index (Phi) is 5.11. The highest BCUT2D eigenvalue weighted by molar-refractivity contribution is 4.86. The first-order chi connectivity index (χ1) is 7.92. The van der Waals surface area contributed by atoms with Crippen molar-refractivity contribution in [2.75, 3.05) is 26.8 Å². The average Bonchev–Trinajstić information content (AvgIpc) is 2.72. The van der Waals surface area contributed by atoms with Crippen LogP contribution in [-0.4, -0.2) is 26.8 Å². The Balaban J connectivity index is 1.73. The molecular formula is C14H27NO. The van der Waals surface area contributed by atoms with Gasteiger partial charge in [-0.05, 0) is 24.3 Å². The number of rotatable bonds is 7. The van der Waals surface area contributed by atoms with Crippen LogP contribution >= 0.6 is 0 Å². The Labute approximate surface area is 100 Å². The zero-order valence-electron chi connectivity index (χ0n) is 10.7. The predicted molar refractivity (Wildman–Crippen MR) is 67.5 cm³/mol. The van der Waals surface area contributed by atoms with Gasteiger partial charge in [0.2, 0.25) is 0 Å². The minimum atomic E-state index is 0.849. The lowest BCUT2D eigenvalue weighted by Crippen LogP contribution is -2.37. The highest BCUT2D eigenvalue weighted by Crippen LogP contribution is 2.42. The molecule has 2 nitrogen and oxygen atoms in total. The van der Waals surface area contributed by atoms with Crippen molar-refractivity contribution in [3.05, 3.63) is 0 Å². The van der Waals surface area contributed by atoms with Crippen LogP contribution in [0.25, 0.3) is 0 Å². The second kappa shape index (κ2) is 6.61. The maximum Gasteiger partial charge on any atom is 0.0587 e. The van der Waals surface area contributed by atoms with Crippen molar-refractivity contribution in [2.24, 2.45) is 17.8 Å². The summed E-state index contributed by atoms with van der Waals surface area (Å²) in [5, 5.41) is 3.59. The normalized spacial score (nSPS) is 24.6. The van der Waals surface area contributed by atoms with Gasteiger partial charge in [0.25, 0.3) is 0 Å². The molecule has 0 spiro atoms. The van der Waals surface area contributed by atoms with Crippen LogP contribution in [0.2, 0.25) is 0 Å². The van der Waals surface area contributed by atoms with Gasteiger partial charge in [0, 0.05) is 13.7 Å². The van der Waals surface area contributed by atoms with Crippen LogP contribution in [0, 0.1) is 17.8 Å². The van der Waals surface area contributed by atoms with E-state index >= 15 is 0 Å². The summed E-state index contributed by atoms with van der Waals surface area (Å²) in [5.74, 6) is 3.03. The summed E-state index contributed by atoms with van der Waals surface area (Å²) in [4.78, 5) is 0. The molecule has 2 heteroatoms. The Morgan fingerprint density at radius 3 is 2.19 bits per heavy atom. The van der Waals surface area contributed by atoms with Gasteiger partial charge in [-0.1, -0.05) is 44.9 Å². The van der Waals surface area contributed by atoms with E-state index in [0.717, 1.165) is 30.9 Å². The third-order valence-corrected chi connectivity index (χ3v) is 4.62. The van der Waals surface area contributed by atoms with E-state index in [0.29, 0.717) is 0 Å². The second-order valence-electron chi connectivity index (χ2n) is 5.60. The summed E-state index contributed by atoms with van der Waals surface area (Å²) in [5.41, 5.74) is 0. The first-order valence-corrected chi connectivity index (χ1v) is 7.11. The smallest absolute Gasteiger partial charge is 0.0587 e. The van der Waals surface area contributed by atoms with Crippen molar-refractivity contribution in [2.45, 2.75) is 44.9 Å². The van der Waals surface area contributed by atoms with E-state index < -0.39 is 0 Å². The topological polar surface area (TPSA) is 21.3 Å². The molecule has 0 heterocycles. The van der Waals surface area contributed by atoms with Gasteiger partial charge in [0.1, 0.15) is 0 Å². The first-order valence-electron chi connectivity index (χ1n) is 7.11. The van der Waals surface area contributed by atoms with Crippen LogP contribution < -0.4 is 5.32 Å². The molecule has 94 valence electrons. The van der Waals surface area contributed by atoms with Crippen LogP contribution in [0.4, 0.5) is 0 Å². The zero-order valence-corrected chi connectivity index (χ0v) is 10.7. The molecule has 0 saturated heterocycles. The second-order valence-corrected chi connectivity index (χ2v) is 5.60. The van der Waals surface area contributed by atoms with Crippen molar-refractivity contribution in [3.8, 4) is 0 Å². The lowest BCUT2D eigenvalue weighted by molar-refractivity contribution is 0.136. The molecule has 0 radical (unpaired) electrons. The van der Waals surface area contributed by atoms with Gasteiger partial charge in [-0.2, -0.15) is 0 Å². The third kappa shape index (κ3) is 3.21. The van der Waals surface area contributed by atoms with Crippen molar-refractivity contribution in [3.63, 3.8) is 0 Å². The monoisotopic (exact) mass is 225 g/mol. The van der Waals surface area contributed by atoms with E-state index in [-0.39, 0.29) is 0 Å². The van der Waals surface area contributed by atoms with Gasteiger partial charge < -0.3 is 10.1 Å². The molecule has 2 rings (SSSR count). The van der Waals surface area contributed by atoms with E-state index in [2.05, 4.69) is 5.32 Å². The van der Waals surface area contributed by atoms with Gasteiger partial charge in [-0.25, -0.2) is 0 Å². The lowest BCUT2D eigenvalue weighted by Gasteiger charge is -2.37. The minimum Gasteiger partial charge on any atom is -0.383 e. The summed E-state index contributed by atoms with van der Waals surface area (Å²) in [6.45, 7) is 3.10. The summed E-state index contributed by atoms with van der Waals surface area (Å²) in [6, 6.07) is 0. The van der Waals surface area contributed by atoms with Crippen LogP contribution in [0.1, 0.15) is 44.9 Å². The average molecular weight is 225 g/mol. The molecule has 2 fully saturated rings. The standard InChI is InChI=1S/C14H27NO/c1-16-10-9-15-11-14(13-7-4-8-13)12-5-2-3-6-12/h12-15H,2-11H2,1H3. The Morgan fingerprint density at radius 1 is 1.06 bits per heavy atom. The van der Waals surface area contributed by atoms with Crippen molar-refractivity contribution < 1.29 is 4.74 Å². The molecule has 0 aliphatic heterocycles. The quantitative estimate of drug-likeness (QED) is 0.673. The summed E-state index contributed by atoms with van der Waals surface area (Å²) >= 11 is 0. The van der Waals surface area contributed by atoms with Crippen LogP contribution in [0.5, 0.6) is 0 Å². The van der Waals surface area contributed by atoms with Gasteiger partial charge >= 0.3 is 0 Å². The van der Waals surface area contributed by atoms with E-state index in [1.165, 1.54) is 51.5 Å². The molecule has 2 aliphatic rings. The fraction of sp³-hybridized carbons (Fsp3) is 1.00. The number of ether oxygens (including phenoxy) is 1. The van der Waals surface area contributed by atoms with Crippen molar-refractivity contribution >= 4 is 0 Å². The SMILES string of the molecule is COCCNCC(C1CCCC1)C1CCC1. The molecule has 1 N–H and O–H groups in total. The number of nitrogens with one attached hydrogen (secondary N) is 1. The highest BCUT2D eigenvalue weighted by Gasteiger charge is 2.33. The molecule has 0 aromatic heterocycles. The Bertz CT molecular complexity index is 185. The van der Waals surface area contributed by atoms with Gasteiger partial charge in [0.05, 0.1) is 6.61 Å². The van der Waals surface area contributed by atoms with E-state index in [1.807, 2.05) is 0 Å². The molecule has 0 amide bonds. The van der Waals surface area contributed by atoms with E-state index in [9.17, 15) is 0 Å². The molecule has 0 bridgehead atoms. The molecular weight excluding hydrogens is 198 g/mol. The van der Waals surface area contributed by atoms with Crippen molar-refractivity contribution in [1.29, 1.82) is 0 Å². The van der Waals surface area contributed by atoms with Crippen LogP contribution in [0.3, 0.4) is 0 Å². The molecule has 0 aromatic rings. The highest BCUT2D eigenvalue weighted by atomic mass is 16.5. The fourth-order valence-corrected chi connectivity index (χ4v) is 3.41. The molecule has 2 saturated carbocycles. The number of hydrogen-bond acceptors (Lipinski definition) is 2. The largest absolute Gasteiger partial charge is 0.383 e. The molecule has 16 heavy (non-hydrogen) atoms. The Hall–Kier alpha value is -0.0800. The van der Waals surface area contributed by atoms with Gasteiger partial charge in [-0.3, -0.25) is 0 Å². The summed E-state index contributed by atoms with van der Waals surface area (Å²) < 4.78 is 5.09. The molecule has 1 unspecified atom stereocenters. The lowest BCUT2D eigenvalue weighted by atomic mass is 9.70. The fourth-order valence-electron chi connectivity index (χ4n) is 3.41. The maximum absolute atomic E-state index is 5.09.